The Kier molecular flexibility index (Phi) is 8.01. The molecule has 0 N–H and O–H groups in total. The molecule has 0 aliphatic rings. The van der Waals surface area contributed by atoms with Crippen LogP contribution >= 0.6 is 11.3 Å². The molecule has 0 radical (unpaired) electrons. The van der Waals surface area contributed by atoms with Crippen molar-refractivity contribution in [1.82, 2.24) is 24.1 Å². The fraction of sp³-hybridized carbons (Fsp3) is 0. The molecule has 13 aromatic rings. The zero-order valence-corrected chi connectivity index (χ0v) is 34.7. The molecule has 5 nitrogen and oxygen atoms in total. The second-order valence-corrected chi connectivity index (χ2v) is 17.0. The number of hydrogen-bond acceptors (Lipinski definition) is 4. The van der Waals surface area contributed by atoms with E-state index in [0.717, 1.165) is 65.5 Å². The molecule has 4 heterocycles. The number of thiophene rings is 1. The SMILES string of the molecule is c1ccc(-c2ccc(-n3c4ccccc4c4ccc5c(c6ccccc6n5-c5nc(-c6ccccc6)nc(-c6cccc7c6sc6ccccc67)n5)c43)c(-c3ccccc3)c2)cc1. The van der Waals surface area contributed by atoms with E-state index in [2.05, 4.69) is 203 Å². The van der Waals surface area contributed by atoms with E-state index in [4.69, 9.17) is 15.0 Å². The summed E-state index contributed by atoms with van der Waals surface area (Å²) < 4.78 is 7.13. The van der Waals surface area contributed by atoms with Crippen LogP contribution in [0.5, 0.6) is 0 Å². The second-order valence-electron chi connectivity index (χ2n) is 16.0. The topological polar surface area (TPSA) is 48.5 Å². The molecule has 0 spiro atoms. The van der Waals surface area contributed by atoms with Gasteiger partial charge in [-0.2, -0.15) is 9.97 Å². The highest BCUT2D eigenvalue weighted by atomic mass is 32.1. The summed E-state index contributed by atoms with van der Waals surface area (Å²) in [5, 5.41) is 7.09. The summed E-state index contributed by atoms with van der Waals surface area (Å²) in [7, 11) is 0. The van der Waals surface area contributed by atoms with Crippen LogP contribution in [-0.4, -0.2) is 24.1 Å². The minimum atomic E-state index is 0.572. The molecule has 0 amide bonds. The van der Waals surface area contributed by atoms with Crippen molar-refractivity contribution in [3.8, 4) is 56.7 Å². The van der Waals surface area contributed by atoms with Gasteiger partial charge in [-0.05, 0) is 59.2 Å². The quantitative estimate of drug-likeness (QED) is 0.168. The highest BCUT2D eigenvalue weighted by Crippen LogP contribution is 2.45. The van der Waals surface area contributed by atoms with Gasteiger partial charge >= 0.3 is 0 Å². The van der Waals surface area contributed by atoms with Gasteiger partial charge in [0.05, 0.1) is 27.8 Å². The number of para-hydroxylation sites is 2. The van der Waals surface area contributed by atoms with Gasteiger partial charge in [0.1, 0.15) is 0 Å². The minimum Gasteiger partial charge on any atom is -0.308 e. The van der Waals surface area contributed by atoms with Crippen molar-refractivity contribution in [3.63, 3.8) is 0 Å². The van der Waals surface area contributed by atoms with Crippen LogP contribution in [0.25, 0.3) is 120 Å². The number of benzene rings is 9. The normalized spacial score (nSPS) is 11.8. The van der Waals surface area contributed by atoms with E-state index >= 15 is 0 Å². The first kappa shape index (κ1) is 35.6. The summed E-state index contributed by atoms with van der Waals surface area (Å²) in [5.41, 5.74) is 12.0. The molecule has 0 saturated heterocycles. The van der Waals surface area contributed by atoms with E-state index in [0.29, 0.717) is 17.6 Å². The zero-order valence-electron chi connectivity index (χ0n) is 33.9. The van der Waals surface area contributed by atoms with Crippen LogP contribution in [0, 0.1) is 0 Å². The first-order chi connectivity index (χ1) is 31.3. The molecule has 6 heteroatoms. The molecule has 0 unspecified atom stereocenters. The summed E-state index contributed by atoms with van der Waals surface area (Å²) in [4.78, 5) is 16.0. The molecular weight excluding hydrogens is 787 g/mol. The van der Waals surface area contributed by atoms with Crippen molar-refractivity contribution < 1.29 is 0 Å². The molecule has 63 heavy (non-hydrogen) atoms. The average Bonchev–Trinajstić information content (AvgIpc) is 4.02. The van der Waals surface area contributed by atoms with Crippen LogP contribution in [-0.2, 0) is 0 Å². The van der Waals surface area contributed by atoms with Crippen LogP contribution in [0.4, 0.5) is 0 Å². The summed E-state index contributed by atoms with van der Waals surface area (Å²) >= 11 is 1.79. The zero-order chi connectivity index (χ0) is 41.4. The molecule has 0 saturated carbocycles. The summed E-state index contributed by atoms with van der Waals surface area (Å²) in [6.45, 7) is 0. The van der Waals surface area contributed by atoms with Gasteiger partial charge in [-0.3, -0.25) is 4.57 Å². The van der Waals surface area contributed by atoms with Gasteiger partial charge < -0.3 is 4.57 Å². The molecular formula is C57H35N5S. The third-order valence-electron chi connectivity index (χ3n) is 12.4. The maximum absolute atomic E-state index is 5.43. The summed E-state index contributed by atoms with van der Waals surface area (Å²) in [6.07, 6.45) is 0. The number of nitrogens with zero attached hydrogens (tertiary/aromatic N) is 5. The van der Waals surface area contributed by atoms with Crippen molar-refractivity contribution in [3.05, 3.63) is 212 Å². The summed E-state index contributed by atoms with van der Waals surface area (Å²) in [6, 6.07) is 75.6. The largest absolute Gasteiger partial charge is 0.308 e. The first-order valence-corrected chi connectivity index (χ1v) is 22.0. The lowest BCUT2D eigenvalue weighted by atomic mass is 9.97. The Bertz CT molecular complexity index is 3900. The molecule has 4 aromatic heterocycles. The third kappa shape index (κ3) is 5.59. The average molecular weight is 822 g/mol. The van der Waals surface area contributed by atoms with Crippen molar-refractivity contribution in [1.29, 1.82) is 0 Å². The fourth-order valence-corrected chi connectivity index (χ4v) is 10.8. The molecule has 0 atom stereocenters. The van der Waals surface area contributed by atoms with Gasteiger partial charge in [0, 0.05) is 58.4 Å². The molecule has 0 fully saturated rings. The van der Waals surface area contributed by atoms with E-state index in [1.807, 2.05) is 18.2 Å². The molecule has 0 aliphatic carbocycles. The number of aromatic nitrogens is 5. The lowest BCUT2D eigenvalue weighted by Crippen LogP contribution is -2.06. The molecule has 13 rings (SSSR count). The standard InChI is InChI=1S/C57H35N5S/c1-4-17-36(18-5-1)39-31-33-49(46(35-39)37-19-6-2-7-20-37)61-47-28-13-10-23-40(47)42-32-34-50-52(53(42)61)44-25-11-14-29-48(44)62(50)57-59-55(38-21-8-3-9-22-38)58-56(60-57)45-27-16-26-43-41-24-12-15-30-51(41)63-54(43)45/h1-35H. The maximum Gasteiger partial charge on any atom is 0.238 e. The van der Waals surface area contributed by atoms with Gasteiger partial charge in [-0.25, -0.2) is 4.98 Å². The number of fused-ring (bicyclic) bond motifs is 10. The second kappa shape index (κ2) is 14.2. The molecule has 0 aliphatic heterocycles. The van der Waals surface area contributed by atoms with Crippen molar-refractivity contribution in [2.45, 2.75) is 0 Å². The van der Waals surface area contributed by atoms with E-state index in [1.54, 1.807) is 11.3 Å². The Hall–Kier alpha value is -8.19. The summed E-state index contributed by atoms with van der Waals surface area (Å²) in [5.74, 6) is 1.84. The third-order valence-corrected chi connectivity index (χ3v) is 13.6. The van der Waals surface area contributed by atoms with Crippen LogP contribution in [0.3, 0.4) is 0 Å². The van der Waals surface area contributed by atoms with Crippen LogP contribution in [0.1, 0.15) is 0 Å². The first-order valence-electron chi connectivity index (χ1n) is 21.2. The van der Waals surface area contributed by atoms with Gasteiger partial charge in [0.15, 0.2) is 11.6 Å². The van der Waals surface area contributed by atoms with Gasteiger partial charge in [0.2, 0.25) is 5.95 Å². The highest BCUT2D eigenvalue weighted by Gasteiger charge is 2.25. The Morgan fingerprint density at radius 2 is 0.968 bits per heavy atom. The van der Waals surface area contributed by atoms with E-state index in [9.17, 15) is 0 Å². The Labute approximate surface area is 366 Å². The lowest BCUT2D eigenvalue weighted by Gasteiger charge is -2.17. The fourth-order valence-electron chi connectivity index (χ4n) is 9.59. The van der Waals surface area contributed by atoms with Crippen molar-refractivity contribution in [2.24, 2.45) is 0 Å². The van der Waals surface area contributed by atoms with Gasteiger partial charge in [-0.1, -0.05) is 170 Å². The van der Waals surface area contributed by atoms with Crippen molar-refractivity contribution >= 4 is 75.1 Å². The monoisotopic (exact) mass is 821 g/mol. The highest BCUT2D eigenvalue weighted by molar-refractivity contribution is 7.26. The molecule has 0 bridgehead atoms. The van der Waals surface area contributed by atoms with Crippen LogP contribution in [0.2, 0.25) is 0 Å². The lowest BCUT2D eigenvalue weighted by molar-refractivity contribution is 0.954. The van der Waals surface area contributed by atoms with Gasteiger partial charge in [0.25, 0.3) is 0 Å². The van der Waals surface area contributed by atoms with Gasteiger partial charge in [-0.15, -0.1) is 11.3 Å². The molecule has 9 aromatic carbocycles. The van der Waals surface area contributed by atoms with Crippen LogP contribution < -0.4 is 0 Å². The predicted octanol–water partition coefficient (Wildman–Crippen LogP) is 15.1. The Morgan fingerprint density at radius 3 is 1.75 bits per heavy atom. The molecule has 294 valence electrons. The predicted molar refractivity (Wildman–Crippen MR) is 263 cm³/mol. The minimum absolute atomic E-state index is 0.572. The van der Waals surface area contributed by atoms with Crippen LogP contribution in [0.15, 0.2) is 212 Å². The van der Waals surface area contributed by atoms with E-state index < -0.39 is 0 Å². The van der Waals surface area contributed by atoms with Crippen molar-refractivity contribution in [2.75, 3.05) is 0 Å². The number of rotatable bonds is 6. The van der Waals surface area contributed by atoms with E-state index in [-0.39, 0.29) is 0 Å². The Balaban J connectivity index is 1.13. The number of hydrogen-bond donors (Lipinski definition) is 0. The smallest absolute Gasteiger partial charge is 0.238 e. The van der Waals surface area contributed by atoms with E-state index in [1.165, 1.54) is 37.4 Å². The maximum atomic E-state index is 5.43. The Morgan fingerprint density at radius 1 is 0.349 bits per heavy atom.